The molecule has 0 saturated carbocycles. The maximum absolute atomic E-state index is 10.4. The first-order chi connectivity index (χ1) is 8.52. The number of carbonyl (C=O) groups excluding carboxylic acids is 1. The SMILES string of the molecule is CCC(O)Oc1cccc([N+](=O)[O-])c1.O=C1CN1. The minimum absolute atomic E-state index is 0.0502. The van der Waals surface area contributed by atoms with E-state index in [0.717, 1.165) is 0 Å². The van der Waals surface area contributed by atoms with E-state index >= 15 is 0 Å². The number of nitrogens with one attached hydrogen (secondary N) is 1. The van der Waals surface area contributed by atoms with Gasteiger partial charge in [0, 0.05) is 12.5 Å². The predicted molar refractivity (Wildman–Crippen MR) is 63.0 cm³/mol. The molecule has 1 aliphatic rings. The summed E-state index contributed by atoms with van der Waals surface area (Å²) in [7, 11) is 0. The van der Waals surface area contributed by atoms with Crippen molar-refractivity contribution in [3.63, 3.8) is 0 Å². The number of non-ortho nitro benzene ring substituents is 1. The first-order valence-corrected chi connectivity index (χ1v) is 5.38. The quantitative estimate of drug-likeness (QED) is 0.357. The Hall–Kier alpha value is -2.15. The topological polar surface area (TPSA) is 112 Å². The molecule has 0 bridgehead atoms. The Bertz CT molecular complexity index is 429. The summed E-state index contributed by atoms with van der Waals surface area (Å²) < 4.78 is 5.01. The zero-order chi connectivity index (χ0) is 13.5. The summed E-state index contributed by atoms with van der Waals surface area (Å²) in [6.45, 7) is 2.35. The maximum Gasteiger partial charge on any atom is 0.273 e. The standard InChI is InChI=1S/C9H11NO4.C2H3NO/c1-2-9(11)14-8-5-3-4-7(6-8)10(12)13;4-2-1-3-2/h3-6,9,11H,2H2,1H3;1H2,(H,3,4). The van der Waals surface area contributed by atoms with Crippen molar-refractivity contribution in [1.29, 1.82) is 0 Å². The Labute approximate surface area is 104 Å². The average Bonchev–Trinajstić information content (AvgIpc) is 3.12. The zero-order valence-electron chi connectivity index (χ0n) is 9.83. The van der Waals surface area contributed by atoms with Gasteiger partial charge in [0.2, 0.25) is 5.91 Å². The summed E-state index contributed by atoms with van der Waals surface area (Å²) in [5.74, 6) is 0.466. The van der Waals surface area contributed by atoms with Crippen LogP contribution in [-0.2, 0) is 4.79 Å². The highest BCUT2D eigenvalue weighted by Crippen LogP contribution is 2.20. The summed E-state index contributed by atoms with van der Waals surface area (Å²) in [4.78, 5) is 19.3. The number of amides is 1. The lowest BCUT2D eigenvalue weighted by atomic mass is 10.3. The van der Waals surface area contributed by atoms with Gasteiger partial charge in [0.1, 0.15) is 5.75 Å². The van der Waals surface area contributed by atoms with Crippen molar-refractivity contribution < 1.29 is 19.6 Å². The molecule has 1 aliphatic heterocycles. The molecule has 0 spiro atoms. The molecule has 1 aromatic carbocycles. The average molecular weight is 254 g/mol. The molecule has 0 aliphatic carbocycles. The molecule has 7 heteroatoms. The second-order valence-electron chi connectivity index (χ2n) is 3.51. The van der Waals surface area contributed by atoms with Crippen LogP contribution < -0.4 is 10.1 Å². The van der Waals surface area contributed by atoms with E-state index in [9.17, 15) is 14.9 Å². The number of nitrogens with zero attached hydrogens (tertiary/aromatic N) is 1. The van der Waals surface area contributed by atoms with Crippen LogP contribution in [0, 0.1) is 10.1 Å². The molecule has 0 aromatic heterocycles. The summed E-state index contributed by atoms with van der Waals surface area (Å²) in [5.41, 5.74) is -0.0502. The molecule has 1 atom stereocenters. The molecule has 2 N–H and O–H groups in total. The van der Waals surface area contributed by atoms with Crippen molar-refractivity contribution in [3.8, 4) is 5.75 Å². The van der Waals surface area contributed by atoms with Crippen LogP contribution in [0.1, 0.15) is 13.3 Å². The van der Waals surface area contributed by atoms with Gasteiger partial charge in [-0.1, -0.05) is 13.0 Å². The van der Waals surface area contributed by atoms with Crippen molar-refractivity contribution in [1.82, 2.24) is 5.32 Å². The van der Waals surface area contributed by atoms with Crippen LogP contribution in [0.4, 0.5) is 5.69 Å². The van der Waals surface area contributed by atoms with Gasteiger partial charge in [-0.2, -0.15) is 0 Å². The van der Waals surface area contributed by atoms with E-state index in [1.807, 2.05) is 0 Å². The van der Waals surface area contributed by atoms with Gasteiger partial charge in [0.25, 0.3) is 5.69 Å². The smallest absolute Gasteiger partial charge is 0.273 e. The fourth-order valence-electron chi connectivity index (χ4n) is 0.947. The van der Waals surface area contributed by atoms with Crippen molar-refractivity contribution in [2.45, 2.75) is 19.6 Å². The van der Waals surface area contributed by atoms with Gasteiger partial charge in [0.05, 0.1) is 17.5 Å². The fourth-order valence-corrected chi connectivity index (χ4v) is 0.947. The Morgan fingerprint density at radius 2 is 2.22 bits per heavy atom. The van der Waals surface area contributed by atoms with Gasteiger partial charge < -0.3 is 15.2 Å². The van der Waals surface area contributed by atoms with Crippen LogP contribution in [0.5, 0.6) is 5.75 Å². The second kappa shape index (κ2) is 6.55. The highest BCUT2D eigenvalue weighted by Gasteiger charge is 2.10. The lowest BCUT2D eigenvalue weighted by Crippen LogP contribution is -2.13. The summed E-state index contributed by atoms with van der Waals surface area (Å²) in [5, 5.41) is 22.0. The van der Waals surface area contributed by atoms with Crippen LogP contribution in [0.25, 0.3) is 0 Å². The fraction of sp³-hybridized carbons (Fsp3) is 0.364. The predicted octanol–water partition coefficient (Wildman–Crippen LogP) is 0.818. The normalized spacial score (nSPS) is 13.8. The highest BCUT2D eigenvalue weighted by molar-refractivity contribution is 5.91. The van der Waals surface area contributed by atoms with Crippen LogP contribution >= 0.6 is 0 Å². The molecule has 1 fully saturated rings. The summed E-state index contributed by atoms with van der Waals surface area (Å²) in [6, 6.07) is 5.71. The molecule has 1 amide bonds. The van der Waals surface area contributed by atoms with E-state index in [1.54, 1.807) is 13.0 Å². The molecule has 1 saturated heterocycles. The zero-order valence-corrected chi connectivity index (χ0v) is 9.83. The van der Waals surface area contributed by atoms with E-state index in [-0.39, 0.29) is 11.6 Å². The third-order valence-electron chi connectivity index (χ3n) is 1.97. The molecule has 0 radical (unpaired) electrons. The van der Waals surface area contributed by atoms with Crippen molar-refractivity contribution in [2.75, 3.05) is 6.54 Å². The van der Waals surface area contributed by atoms with Gasteiger partial charge in [0.15, 0.2) is 6.29 Å². The number of rotatable bonds is 4. The van der Waals surface area contributed by atoms with Crippen LogP contribution in [0.3, 0.4) is 0 Å². The van der Waals surface area contributed by atoms with Crippen molar-refractivity contribution >= 4 is 11.6 Å². The van der Waals surface area contributed by atoms with E-state index in [4.69, 9.17) is 9.84 Å². The Morgan fingerprint density at radius 3 is 2.67 bits per heavy atom. The van der Waals surface area contributed by atoms with E-state index in [2.05, 4.69) is 5.32 Å². The number of benzene rings is 1. The number of aliphatic hydroxyl groups is 1. The van der Waals surface area contributed by atoms with Crippen molar-refractivity contribution in [2.24, 2.45) is 0 Å². The van der Waals surface area contributed by atoms with E-state index in [1.165, 1.54) is 18.2 Å². The number of carbonyl (C=O) groups is 1. The minimum Gasteiger partial charge on any atom is -0.465 e. The number of nitro groups is 1. The number of hydrogen-bond acceptors (Lipinski definition) is 5. The first-order valence-electron chi connectivity index (χ1n) is 5.38. The van der Waals surface area contributed by atoms with Gasteiger partial charge in [-0.3, -0.25) is 14.9 Å². The first kappa shape index (κ1) is 13.9. The Kier molecular flexibility index (Phi) is 5.06. The second-order valence-corrected chi connectivity index (χ2v) is 3.51. The molecule has 7 nitrogen and oxygen atoms in total. The van der Waals surface area contributed by atoms with E-state index < -0.39 is 11.2 Å². The van der Waals surface area contributed by atoms with Crippen molar-refractivity contribution in [3.05, 3.63) is 34.4 Å². The number of ether oxygens (including phenoxy) is 1. The van der Waals surface area contributed by atoms with Crippen LogP contribution in [-0.4, -0.2) is 28.8 Å². The highest BCUT2D eigenvalue weighted by atomic mass is 16.6. The lowest BCUT2D eigenvalue weighted by molar-refractivity contribution is -0.385. The number of hydrogen-bond donors (Lipinski definition) is 2. The number of nitro benzene ring substituents is 1. The Morgan fingerprint density at radius 1 is 1.61 bits per heavy atom. The maximum atomic E-state index is 10.4. The molecule has 98 valence electrons. The third-order valence-corrected chi connectivity index (χ3v) is 1.97. The monoisotopic (exact) mass is 254 g/mol. The summed E-state index contributed by atoms with van der Waals surface area (Å²) in [6.07, 6.45) is -0.486. The summed E-state index contributed by atoms with van der Waals surface area (Å²) >= 11 is 0. The molecule has 18 heavy (non-hydrogen) atoms. The van der Waals surface area contributed by atoms with Gasteiger partial charge in [-0.25, -0.2) is 0 Å². The molecule has 1 aromatic rings. The lowest BCUT2D eigenvalue weighted by Gasteiger charge is -2.10. The molecular weight excluding hydrogens is 240 g/mol. The minimum atomic E-state index is -0.919. The van der Waals surface area contributed by atoms with Crippen LogP contribution in [0.15, 0.2) is 24.3 Å². The molecule has 1 unspecified atom stereocenters. The molecule has 2 rings (SSSR count). The van der Waals surface area contributed by atoms with Gasteiger partial charge in [-0.05, 0) is 6.07 Å². The Balaban J connectivity index is 0.000000341. The largest absolute Gasteiger partial charge is 0.465 e. The van der Waals surface area contributed by atoms with Crippen LogP contribution in [0.2, 0.25) is 0 Å². The third kappa shape index (κ3) is 5.26. The molecular formula is C11H14N2O5. The number of aliphatic hydroxyl groups excluding tert-OH is 1. The van der Waals surface area contributed by atoms with E-state index in [0.29, 0.717) is 18.7 Å². The van der Waals surface area contributed by atoms with Gasteiger partial charge >= 0.3 is 0 Å². The molecule has 1 heterocycles. The van der Waals surface area contributed by atoms with Gasteiger partial charge in [-0.15, -0.1) is 0 Å².